The number of nitrogens with zero attached hydrogens (tertiary/aromatic N) is 1. The summed E-state index contributed by atoms with van der Waals surface area (Å²) in [5.74, 6) is 1.34. The molecule has 0 saturated carbocycles. The van der Waals surface area contributed by atoms with Crippen molar-refractivity contribution in [2.75, 3.05) is 32.7 Å². The van der Waals surface area contributed by atoms with Crippen molar-refractivity contribution in [3.8, 4) is 0 Å². The summed E-state index contributed by atoms with van der Waals surface area (Å²) < 4.78 is 0. The van der Waals surface area contributed by atoms with Crippen LogP contribution in [0.25, 0.3) is 0 Å². The van der Waals surface area contributed by atoms with E-state index in [4.69, 9.17) is 0 Å². The molecule has 118 valence electrons. The van der Waals surface area contributed by atoms with Gasteiger partial charge in [-0.25, -0.2) is 0 Å². The number of hydrogen-bond acceptors (Lipinski definition) is 3. The molecule has 0 aromatic heterocycles. The van der Waals surface area contributed by atoms with E-state index in [0.29, 0.717) is 24.4 Å². The molecule has 4 nitrogen and oxygen atoms in total. The first kappa shape index (κ1) is 17.4. The minimum atomic E-state index is 0.119. The maximum Gasteiger partial charge on any atom is 0.233 e. The standard InChI is InChI=1S/C16H33N3O/c1-5-8-19-9-6-15(7-10-19)14(4)17-12-16(20)18-11-13(2)3/h13-15,17H,5-12H2,1-4H3,(H,18,20). The second-order valence-corrected chi connectivity index (χ2v) is 6.55. The van der Waals surface area contributed by atoms with Gasteiger partial charge in [-0.1, -0.05) is 20.8 Å². The Morgan fingerprint density at radius 1 is 1.25 bits per heavy atom. The lowest BCUT2D eigenvalue weighted by Gasteiger charge is -2.35. The van der Waals surface area contributed by atoms with Gasteiger partial charge in [-0.2, -0.15) is 0 Å². The number of carbonyl (C=O) groups is 1. The molecule has 20 heavy (non-hydrogen) atoms. The van der Waals surface area contributed by atoms with E-state index in [0.717, 1.165) is 6.54 Å². The van der Waals surface area contributed by atoms with Crippen LogP contribution in [0.15, 0.2) is 0 Å². The zero-order valence-corrected chi connectivity index (χ0v) is 13.7. The monoisotopic (exact) mass is 283 g/mol. The van der Waals surface area contributed by atoms with Crippen molar-refractivity contribution in [2.45, 2.75) is 53.0 Å². The smallest absolute Gasteiger partial charge is 0.233 e. The van der Waals surface area contributed by atoms with E-state index >= 15 is 0 Å². The molecule has 1 saturated heterocycles. The Hall–Kier alpha value is -0.610. The molecule has 1 aliphatic rings. The van der Waals surface area contributed by atoms with Crippen LogP contribution in [0.3, 0.4) is 0 Å². The van der Waals surface area contributed by atoms with E-state index in [1.165, 1.54) is 38.9 Å². The third kappa shape index (κ3) is 6.71. The van der Waals surface area contributed by atoms with Gasteiger partial charge in [-0.15, -0.1) is 0 Å². The van der Waals surface area contributed by atoms with Crippen molar-refractivity contribution in [1.29, 1.82) is 0 Å². The van der Waals surface area contributed by atoms with Crippen molar-refractivity contribution in [3.63, 3.8) is 0 Å². The van der Waals surface area contributed by atoms with Crippen LogP contribution in [0.5, 0.6) is 0 Å². The van der Waals surface area contributed by atoms with Gasteiger partial charge in [0.2, 0.25) is 5.91 Å². The Balaban J connectivity index is 2.17. The number of likely N-dealkylation sites (tertiary alicyclic amines) is 1. The molecule has 1 rings (SSSR count). The first-order chi connectivity index (χ1) is 9.52. The minimum absolute atomic E-state index is 0.119. The fourth-order valence-corrected chi connectivity index (χ4v) is 2.79. The van der Waals surface area contributed by atoms with Gasteiger partial charge in [0.15, 0.2) is 0 Å². The number of piperidine rings is 1. The van der Waals surface area contributed by atoms with Crippen molar-refractivity contribution in [2.24, 2.45) is 11.8 Å². The first-order valence-corrected chi connectivity index (χ1v) is 8.25. The molecule has 1 amide bonds. The van der Waals surface area contributed by atoms with Gasteiger partial charge in [0.1, 0.15) is 0 Å². The van der Waals surface area contributed by atoms with E-state index in [-0.39, 0.29) is 5.91 Å². The Morgan fingerprint density at radius 2 is 1.90 bits per heavy atom. The van der Waals surface area contributed by atoms with Crippen LogP contribution in [0.4, 0.5) is 0 Å². The molecule has 1 fully saturated rings. The lowest BCUT2D eigenvalue weighted by Crippen LogP contribution is -2.45. The molecule has 0 spiro atoms. The second-order valence-electron chi connectivity index (χ2n) is 6.55. The zero-order valence-electron chi connectivity index (χ0n) is 13.7. The Kier molecular flexibility index (Phi) is 8.15. The average Bonchev–Trinajstić information content (AvgIpc) is 2.43. The van der Waals surface area contributed by atoms with Crippen molar-refractivity contribution in [1.82, 2.24) is 15.5 Å². The van der Waals surface area contributed by atoms with Crippen LogP contribution in [0.1, 0.15) is 47.0 Å². The highest BCUT2D eigenvalue weighted by Crippen LogP contribution is 2.20. The van der Waals surface area contributed by atoms with Crippen LogP contribution >= 0.6 is 0 Å². The molecule has 0 aromatic carbocycles. The molecule has 0 aliphatic carbocycles. The molecule has 0 radical (unpaired) electrons. The second kappa shape index (κ2) is 9.35. The number of carbonyl (C=O) groups excluding carboxylic acids is 1. The summed E-state index contributed by atoms with van der Waals surface area (Å²) in [6.07, 6.45) is 3.75. The summed E-state index contributed by atoms with van der Waals surface area (Å²) in [6.45, 7) is 13.6. The summed E-state index contributed by atoms with van der Waals surface area (Å²) >= 11 is 0. The van der Waals surface area contributed by atoms with Crippen molar-refractivity contribution < 1.29 is 4.79 Å². The van der Waals surface area contributed by atoms with E-state index in [9.17, 15) is 4.79 Å². The van der Waals surface area contributed by atoms with Gasteiger partial charge < -0.3 is 15.5 Å². The van der Waals surface area contributed by atoms with Crippen LogP contribution in [0, 0.1) is 11.8 Å². The van der Waals surface area contributed by atoms with Gasteiger partial charge in [0, 0.05) is 12.6 Å². The molecule has 1 atom stereocenters. The predicted octanol–water partition coefficient (Wildman–Crippen LogP) is 1.86. The lowest BCUT2D eigenvalue weighted by molar-refractivity contribution is -0.120. The summed E-state index contributed by atoms with van der Waals surface area (Å²) in [5.41, 5.74) is 0. The normalized spacial score (nSPS) is 19.2. The number of hydrogen-bond donors (Lipinski definition) is 2. The van der Waals surface area contributed by atoms with E-state index < -0.39 is 0 Å². The zero-order chi connectivity index (χ0) is 15.0. The van der Waals surface area contributed by atoms with Gasteiger partial charge in [0.25, 0.3) is 0 Å². The third-order valence-electron chi connectivity index (χ3n) is 4.17. The molecule has 1 unspecified atom stereocenters. The van der Waals surface area contributed by atoms with Crippen LogP contribution in [0.2, 0.25) is 0 Å². The quantitative estimate of drug-likeness (QED) is 0.714. The maximum atomic E-state index is 11.7. The average molecular weight is 283 g/mol. The molecular formula is C16H33N3O. The lowest BCUT2D eigenvalue weighted by atomic mass is 9.90. The summed E-state index contributed by atoms with van der Waals surface area (Å²) in [4.78, 5) is 14.2. The predicted molar refractivity (Wildman–Crippen MR) is 84.8 cm³/mol. The van der Waals surface area contributed by atoms with Crippen molar-refractivity contribution in [3.05, 3.63) is 0 Å². The largest absolute Gasteiger partial charge is 0.355 e. The van der Waals surface area contributed by atoms with Crippen LogP contribution in [-0.2, 0) is 4.79 Å². The van der Waals surface area contributed by atoms with E-state index in [1.54, 1.807) is 0 Å². The summed E-state index contributed by atoms with van der Waals surface area (Å²) in [5, 5.41) is 6.35. The van der Waals surface area contributed by atoms with E-state index in [1.807, 2.05) is 0 Å². The molecule has 4 heteroatoms. The number of nitrogens with one attached hydrogen (secondary N) is 2. The van der Waals surface area contributed by atoms with Gasteiger partial charge in [-0.05, 0) is 57.7 Å². The first-order valence-electron chi connectivity index (χ1n) is 8.25. The maximum absolute atomic E-state index is 11.7. The number of amides is 1. The van der Waals surface area contributed by atoms with Crippen LogP contribution < -0.4 is 10.6 Å². The SMILES string of the molecule is CCCN1CCC(C(C)NCC(=O)NCC(C)C)CC1. The number of rotatable bonds is 8. The molecule has 0 aromatic rings. The molecule has 1 aliphatic heterocycles. The van der Waals surface area contributed by atoms with Gasteiger partial charge in [0.05, 0.1) is 6.54 Å². The summed E-state index contributed by atoms with van der Waals surface area (Å²) in [7, 11) is 0. The fraction of sp³-hybridized carbons (Fsp3) is 0.938. The van der Waals surface area contributed by atoms with Gasteiger partial charge in [-0.3, -0.25) is 4.79 Å². The Bertz CT molecular complexity index is 273. The molecular weight excluding hydrogens is 250 g/mol. The summed E-state index contributed by atoms with van der Waals surface area (Å²) in [6, 6.07) is 0.434. The minimum Gasteiger partial charge on any atom is -0.355 e. The fourth-order valence-electron chi connectivity index (χ4n) is 2.79. The molecule has 1 heterocycles. The molecule has 2 N–H and O–H groups in total. The Labute approximate surface area is 124 Å². The van der Waals surface area contributed by atoms with Gasteiger partial charge >= 0.3 is 0 Å². The van der Waals surface area contributed by atoms with Crippen LogP contribution in [-0.4, -0.2) is 49.6 Å². The third-order valence-corrected chi connectivity index (χ3v) is 4.17. The molecule has 0 bridgehead atoms. The topological polar surface area (TPSA) is 44.4 Å². The van der Waals surface area contributed by atoms with Crippen molar-refractivity contribution >= 4 is 5.91 Å². The highest BCUT2D eigenvalue weighted by molar-refractivity contribution is 5.77. The van der Waals surface area contributed by atoms with E-state index in [2.05, 4.69) is 43.2 Å². The highest BCUT2D eigenvalue weighted by atomic mass is 16.1. The Morgan fingerprint density at radius 3 is 2.45 bits per heavy atom. The highest BCUT2D eigenvalue weighted by Gasteiger charge is 2.23.